The van der Waals surface area contributed by atoms with Crippen LogP contribution < -0.4 is 11.2 Å². The first-order chi connectivity index (χ1) is 10.3. The monoisotopic (exact) mass is 336 g/mol. The number of phosphoric acid groups is 1. The predicted molar refractivity (Wildman–Crippen MR) is 73.2 cm³/mol. The summed E-state index contributed by atoms with van der Waals surface area (Å²) < 4.78 is 27.3. The van der Waals surface area contributed by atoms with E-state index in [-0.39, 0.29) is 0 Å². The number of hydrogen-bond donors (Lipinski definition) is 3. The van der Waals surface area contributed by atoms with E-state index in [1.54, 1.807) is 6.92 Å². The van der Waals surface area contributed by atoms with E-state index in [4.69, 9.17) is 9.26 Å². The van der Waals surface area contributed by atoms with Crippen molar-refractivity contribution in [2.75, 3.05) is 7.11 Å². The maximum Gasteiger partial charge on any atom is 0.472 e. The number of rotatable bonds is 5. The van der Waals surface area contributed by atoms with Crippen LogP contribution in [0.2, 0.25) is 0 Å². The number of nitrogens with zero attached hydrogens (tertiary/aromatic N) is 1. The number of nitrogens with one attached hydrogen (secondary N) is 1. The van der Waals surface area contributed by atoms with Crippen molar-refractivity contribution >= 4 is 7.82 Å². The van der Waals surface area contributed by atoms with Crippen LogP contribution in [-0.2, 0) is 18.3 Å². The number of phosphoric ester groups is 1. The molecule has 3 unspecified atom stereocenters. The Morgan fingerprint density at radius 2 is 2.18 bits per heavy atom. The number of hydrogen-bond acceptors (Lipinski definition) is 7. The molecule has 0 aliphatic carbocycles. The van der Waals surface area contributed by atoms with Gasteiger partial charge in [-0.1, -0.05) is 6.92 Å². The standard InChI is InChI=1S/C11H17N2O8P/c1-3-6-9(21-22(17,18)19-2)8(15)10(20-6)13-5-4-7(14)12-11(13)16/h4-6,8-10,15H,3H2,1-2H3,(H,17,18)(H,12,14,16)/t6-,8?,9?,10-/m1/s1. The van der Waals surface area contributed by atoms with Crippen molar-refractivity contribution in [2.24, 2.45) is 0 Å². The highest BCUT2D eigenvalue weighted by atomic mass is 31.2. The van der Waals surface area contributed by atoms with E-state index < -0.39 is 43.6 Å². The molecule has 124 valence electrons. The van der Waals surface area contributed by atoms with Crippen LogP contribution >= 0.6 is 7.82 Å². The smallest absolute Gasteiger partial charge is 0.386 e. The maximum atomic E-state index is 11.8. The number of aromatic nitrogens is 2. The largest absolute Gasteiger partial charge is 0.472 e. The molecule has 5 atom stereocenters. The average Bonchev–Trinajstić information content (AvgIpc) is 2.76. The van der Waals surface area contributed by atoms with Crippen molar-refractivity contribution < 1.29 is 28.3 Å². The Kier molecular flexibility index (Phi) is 5.00. The van der Waals surface area contributed by atoms with E-state index in [0.29, 0.717) is 6.42 Å². The molecule has 2 heterocycles. The first-order valence-electron chi connectivity index (χ1n) is 6.51. The molecule has 0 aromatic carbocycles. The Morgan fingerprint density at radius 3 is 2.73 bits per heavy atom. The molecule has 1 aliphatic rings. The number of aliphatic hydroxyl groups is 1. The molecule has 10 nitrogen and oxygen atoms in total. The minimum absolute atomic E-state index is 0.361. The summed E-state index contributed by atoms with van der Waals surface area (Å²) in [6.07, 6.45) is -2.92. The summed E-state index contributed by atoms with van der Waals surface area (Å²) in [5, 5.41) is 10.3. The van der Waals surface area contributed by atoms with Crippen molar-refractivity contribution in [3.8, 4) is 0 Å². The number of ether oxygens (including phenoxy) is 1. The highest BCUT2D eigenvalue weighted by molar-refractivity contribution is 7.47. The van der Waals surface area contributed by atoms with Crippen molar-refractivity contribution in [3.05, 3.63) is 33.1 Å². The van der Waals surface area contributed by atoms with Crippen LogP contribution in [0.15, 0.2) is 21.9 Å². The Bertz CT molecular complexity index is 685. The lowest BCUT2D eigenvalue weighted by Crippen LogP contribution is -2.38. The minimum atomic E-state index is -4.33. The predicted octanol–water partition coefficient (Wildman–Crippen LogP) is -0.663. The highest BCUT2D eigenvalue weighted by Gasteiger charge is 2.48. The third kappa shape index (κ3) is 3.37. The lowest BCUT2D eigenvalue weighted by Gasteiger charge is -2.21. The van der Waals surface area contributed by atoms with Crippen LogP contribution in [0, 0.1) is 0 Å². The summed E-state index contributed by atoms with van der Waals surface area (Å²) in [6, 6.07) is 1.10. The van der Waals surface area contributed by atoms with E-state index >= 15 is 0 Å². The molecule has 0 saturated carbocycles. The van der Waals surface area contributed by atoms with Crippen molar-refractivity contribution in [1.29, 1.82) is 0 Å². The van der Waals surface area contributed by atoms with Crippen LogP contribution in [-0.4, -0.2) is 45.0 Å². The first kappa shape index (κ1) is 17.1. The molecular weight excluding hydrogens is 319 g/mol. The van der Waals surface area contributed by atoms with Gasteiger partial charge in [-0.05, 0) is 6.42 Å². The van der Waals surface area contributed by atoms with Gasteiger partial charge in [-0.15, -0.1) is 0 Å². The number of aromatic amines is 1. The van der Waals surface area contributed by atoms with E-state index in [2.05, 4.69) is 4.52 Å². The van der Waals surface area contributed by atoms with Gasteiger partial charge in [-0.25, -0.2) is 9.36 Å². The van der Waals surface area contributed by atoms with Gasteiger partial charge in [-0.3, -0.25) is 23.4 Å². The first-order valence-corrected chi connectivity index (χ1v) is 8.00. The summed E-state index contributed by atoms with van der Waals surface area (Å²) in [7, 11) is -3.34. The summed E-state index contributed by atoms with van der Waals surface area (Å²) in [5.74, 6) is 0. The second kappa shape index (κ2) is 6.45. The summed E-state index contributed by atoms with van der Waals surface area (Å²) >= 11 is 0. The van der Waals surface area contributed by atoms with E-state index in [0.717, 1.165) is 17.7 Å². The topological polar surface area (TPSA) is 140 Å². The Hall–Kier alpha value is -1.29. The second-order valence-corrected chi connectivity index (χ2v) is 6.22. The van der Waals surface area contributed by atoms with Gasteiger partial charge in [0, 0.05) is 19.4 Å². The van der Waals surface area contributed by atoms with Crippen LogP contribution in [0.3, 0.4) is 0 Å². The van der Waals surface area contributed by atoms with Crippen LogP contribution in [0.1, 0.15) is 19.6 Å². The SMILES string of the molecule is CC[C@H]1O[C@@H](n2ccc(=O)[nH]c2=O)C(O)C1OP(=O)(O)OC. The van der Waals surface area contributed by atoms with E-state index in [9.17, 15) is 24.2 Å². The van der Waals surface area contributed by atoms with Gasteiger partial charge in [0.25, 0.3) is 5.56 Å². The normalized spacial score (nSPS) is 31.1. The van der Waals surface area contributed by atoms with Gasteiger partial charge in [0.15, 0.2) is 6.23 Å². The Morgan fingerprint density at radius 1 is 1.50 bits per heavy atom. The number of aliphatic hydroxyl groups excluding tert-OH is 1. The lowest BCUT2D eigenvalue weighted by atomic mass is 10.1. The average molecular weight is 336 g/mol. The zero-order valence-electron chi connectivity index (χ0n) is 11.9. The Balaban J connectivity index is 2.31. The molecule has 11 heteroatoms. The maximum absolute atomic E-state index is 11.8. The molecule has 2 rings (SSSR count). The second-order valence-electron chi connectivity index (χ2n) is 4.70. The zero-order chi connectivity index (χ0) is 16.5. The molecule has 0 amide bonds. The highest BCUT2D eigenvalue weighted by Crippen LogP contribution is 2.47. The van der Waals surface area contributed by atoms with Gasteiger partial charge in [0.1, 0.15) is 12.2 Å². The summed E-state index contributed by atoms with van der Waals surface area (Å²) in [5.41, 5.74) is -1.36. The number of H-pyrrole nitrogens is 1. The molecule has 3 N–H and O–H groups in total. The zero-order valence-corrected chi connectivity index (χ0v) is 12.8. The third-order valence-electron chi connectivity index (χ3n) is 3.32. The fraction of sp³-hybridized carbons (Fsp3) is 0.636. The Labute approximate surface area is 124 Å². The third-order valence-corrected chi connectivity index (χ3v) is 4.29. The van der Waals surface area contributed by atoms with Crippen LogP contribution in [0.25, 0.3) is 0 Å². The quantitative estimate of drug-likeness (QED) is 0.602. The van der Waals surface area contributed by atoms with Gasteiger partial charge >= 0.3 is 13.5 Å². The van der Waals surface area contributed by atoms with Crippen LogP contribution in [0.5, 0.6) is 0 Å². The molecule has 22 heavy (non-hydrogen) atoms. The van der Waals surface area contributed by atoms with Crippen molar-refractivity contribution in [2.45, 2.75) is 37.9 Å². The van der Waals surface area contributed by atoms with Gasteiger partial charge in [-0.2, -0.15) is 0 Å². The fourth-order valence-electron chi connectivity index (χ4n) is 2.23. The minimum Gasteiger partial charge on any atom is -0.386 e. The molecule has 1 aromatic rings. The van der Waals surface area contributed by atoms with Gasteiger partial charge in [0.2, 0.25) is 0 Å². The van der Waals surface area contributed by atoms with Gasteiger partial charge < -0.3 is 14.7 Å². The molecule has 1 aromatic heterocycles. The molecule has 1 fully saturated rings. The molecule has 0 bridgehead atoms. The summed E-state index contributed by atoms with van der Waals surface area (Å²) in [6.45, 7) is 1.72. The lowest BCUT2D eigenvalue weighted by molar-refractivity contribution is -0.0405. The van der Waals surface area contributed by atoms with Crippen molar-refractivity contribution in [3.63, 3.8) is 0 Å². The molecule has 0 radical (unpaired) electrons. The molecule has 1 saturated heterocycles. The van der Waals surface area contributed by atoms with E-state index in [1.165, 1.54) is 6.20 Å². The molecule has 0 spiro atoms. The molecule has 1 aliphatic heterocycles. The van der Waals surface area contributed by atoms with Crippen molar-refractivity contribution in [1.82, 2.24) is 9.55 Å². The fourth-order valence-corrected chi connectivity index (χ4v) is 2.89. The summed E-state index contributed by atoms with van der Waals surface area (Å²) in [4.78, 5) is 34.3. The molecular formula is C11H17N2O8P. The van der Waals surface area contributed by atoms with Gasteiger partial charge in [0.05, 0.1) is 6.10 Å². The van der Waals surface area contributed by atoms with Crippen LogP contribution in [0.4, 0.5) is 0 Å². The van der Waals surface area contributed by atoms with E-state index in [1.807, 2.05) is 4.98 Å².